The Kier molecular flexibility index (Phi) is 7.05. The number of carboxylic acids is 2. The zero-order chi connectivity index (χ0) is 25.3. The molecule has 0 amide bonds. The number of phenols is 1. The lowest BCUT2D eigenvalue weighted by molar-refractivity contribution is -0.174. The Bertz CT molecular complexity index is 1020. The molecule has 0 heterocycles. The van der Waals surface area contributed by atoms with Crippen LogP contribution >= 0.6 is 0 Å². The van der Waals surface area contributed by atoms with Crippen LogP contribution in [0.1, 0.15) is 75.3 Å². The van der Waals surface area contributed by atoms with Crippen LogP contribution in [-0.4, -0.2) is 51.4 Å². The summed E-state index contributed by atoms with van der Waals surface area (Å²) in [6.07, 6.45) is 1.17. The van der Waals surface area contributed by atoms with E-state index in [0.29, 0.717) is 12.3 Å². The van der Waals surface area contributed by atoms with Gasteiger partial charge in [-0.1, -0.05) is 13.0 Å². The van der Waals surface area contributed by atoms with E-state index in [9.17, 15) is 24.3 Å². The van der Waals surface area contributed by atoms with E-state index >= 15 is 0 Å². The third kappa shape index (κ3) is 5.13. The Morgan fingerprint density at radius 1 is 0.971 bits per heavy atom. The minimum absolute atomic E-state index is 0.109. The number of fused-ring (bicyclic) bond motifs is 5. The molecule has 3 N–H and O–H groups in total. The van der Waals surface area contributed by atoms with Crippen LogP contribution in [0.3, 0.4) is 0 Å². The fraction of sp³-hybridized carbons (Fsp3) is 0.615. The smallest absolute Gasteiger partial charge is 0.306 e. The van der Waals surface area contributed by atoms with Crippen molar-refractivity contribution >= 4 is 23.9 Å². The predicted molar refractivity (Wildman–Crippen MR) is 122 cm³/mol. The molecular weight excluding hydrogens is 456 g/mol. The summed E-state index contributed by atoms with van der Waals surface area (Å²) in [5.74, 6) is -2.54. The molecule has 2 fully saturated rings. The van der Waals surface area contributed by atoms with Crippen molar-refractivity contribution in [1.82, 2.24) is 0 Å². The first-order valence-electron chi connectivity index (χ1n) is 12.2. The number of esters is 2. The largest absolute Gasteiger partial charge is 0.508 e. The van der Waals surface area contributed by atoms with Crippen LogP contribution in [0.5, 0.6) is 5.75 Å². The van der Waals surface area contributed by atoms with Crippen LogP contribution in [0.4, 0.5) is 0 Å². The van der Waals surface area contributed by atoms with Gasteiger partial charge in [0.15, 0.2) is 0 Å². The maximum absolute atomic E-state index is 12.5. The van der Waals surface area contributed by atoms with E-state index in [1.165, 1.54) is 5.56 Å². The average molecular weight is 489 g/mol. The number of aryl methyl sites for hydroxylation is 1. The summed E-state index contributed by atoms with van der Waals surface area (Å²) < 4.78 is 11.5. The maximum atomic E-state index is 12.5. The molecule has 0 saturated heterocycles. The molecule has 1 aromatic carbocycles. The van der Waals surface area contributed by atoms with Gasteiger partial charge in [0, 0.05) is 5.41 Å². The van der Waals surface area contributed by atoms with Crippen molar-refractivity contribution < 1.29 is 44.0 Å². The topological polar surface area (TPSA) is 147 Å². The highest BCUT2D eigenvalue weighted by Crippen LogP contribution is 2.62. The van der Waals surface area contributed by atoms with Crippen molar-refractivity contribution in [3.8, 4) is 5.75 Å². The van der Waals surface area contributed by atoms with Gasteiger partial charge < -0.3 is 24.8 Å². The summed E-state index contributed by atoms with van der Waals surface area (Å²) in [4.78, 5) is 46.7. The molecule has 9 nitrogen and oxygen atoms in total. The Hall–Kier alpha value is -3.10. The molecule has 0 aliphatic heterocycles. The molecule has 4 rings (SSSR count). The van der Waals surface area contributed by atoms with Crippen molar-refractivity contribution in [2.45, 2.75) is 82.8 Å². The number of phenolic OH excluding ortho intramolecular Hbond substituents is 1. The number of ether oxygens (including phenoxy) is 2. The van der Waals surface area contributed by atoms with E-state index in [0.717, 1.165) is 31.2 Å². The molecule has 190 valence electrons. The van der Waals surface area contributed by atoms with E-state index < -0.39 is 41.5 Å². The number of carbonyl (C=O) groups is 4. The Balaban J connectivity index is 1.57. The van der Waals surface area contributed by atoms with Gasteiger partial charge in [-0.05, 0) is 73.1 Å². The standard InChI is InChI=1S/C26H32O9/c1-26-11-10-17-16-5-3-15(27)12-14(16)2-4-18(17)19(26)13-20(34-23(32)8-6-21(28)29)25(26)35-24(33)9-7-22(30)31/h3,5,12,17-20,25,27H,2,4,6-11,13H2,1H3,(H,28,29)(H,30,31)/t17-,18+,19-,20+,25+,26+/m1/s1. The zero-order valence-electron chi connectivity index (χ0n) is 19.8. The van der Waals surface area contributed by atoms with Crippen LogP contribution in [0.2, 0.25) is 0 Å². The van der Waals surface area contributed by atoms with Gasteiger partial charge in [0.05, 0.1) is 25.7 Å². The minimum atomic E-state index is -1.10. The Morgan fingerprint density at radius 3 is 2.29 bits per heavy atom. The van der Waals surface area contributed by atoms with E-state index in [1.54, 1.807) is 6.07 Å². The highest BCUT2D eigenvalue weighted by atomic mass is 16.6. The molecule has 9 heteroatoms. The van der Waals surface area contributed by atoms with Crippen LogP contribution in [0, 0.1) is 17.3 Å². The molecule has 0 bridgehead atoms. The normalized spacial score (nSPS) is 30.9. The molecule has 3 aliphatic carbocycles. The molecule has 3 aliphatic rings. The van der Waals surface area contributed by atoms with Gasteiger partial charge in [-0.3, -0.25) is 19.2 Å². The number of hydrogen-bond acceptors (Lipinski definition) is 7. The lowest BCUT2D eigenvalue weighted by Gasteiger charge is -2.50. The highest BCUT2D eigenvalue weighted by molar-refractivity contribution is 5.77. The predicted octanol–water partition coefficient (Wildman–Crippen LogP) is 3.41. The lowest BCUT2D eigenvalue weighted by Crippen LogP contribution is -2.47. The number of hydrogen-bond donors (Lipinski definition) is 3. The van der Waals surface area contributed by atoms with Gasteiger partial charge in [0.25, 0.3) is 0 Å². The fourth-order valence-corrected chi connectivity index (χ4v) is 6.68. The van der Waals surface area contributed by atoms with Gasteiger partial charge >= 0.3 is 23.9 Å². The van der Waals surface area contributed by atoms with Crippen LogP contribution in [0.25, 0.3) is 0 Å². The Morgan fingerprint density at radius 2 is 1.63 bits per heavy atom. The average Bonchev–Trinajstić information content (AvgIpc) is 3.07. The van der Waals surface area contributed by atoms with Gasteiger partial charge in [0.2, 0.25) is 0 Å². The summed E-state index contributed by atoms with van der Waals surface area (Å²) in [6, 6.07) is 5.53. The third-order valence-corrected chi connectivity index (χ3v) is 8.25. The maximum Gasteiger partial charge on any atom is 0.306 e. The summed E-state index contributed by atoms with van der Waals surface area (Å²) >= 11 is 0. The van der Waals surface area contributed by atoms with Gasteiger partial charge in [-0.25, -0.2) is 0 Å². The second-order valence-electron chi connectivity index (χ2n) is 10.3. The van der Waals surface area contributed by atoms with Crippen molar-refractivity contribution in [2.75, 3.05) is 0 Å². The molecule has 1 aromatic rings. The lowest BCUT2D eigenvalue weighted by atomic mass is 9.55. The van der Waals surface area contributed by atoms with E-state index in [4.69, 9.17) is 19.7 Å². The Labute approximate surface area is 203 Å². The number of carbonyl (C=O) groups excluding carboxylic acids is 2. The summed E-state index contributed by atoms with van der Waals surface area (Å²) in [6.45, 7) is 2.06. The molecule has 0 radical (unpaired) electrons. The number of carboxylic acid groups (broad SMARTS) is 2. The molecule has 2 saturated carbocycles. The summed E-state index contributed by atoms with van der Waals surface area (Å²) in [5, 5.41) is 27.7. The molecular formula is C26H32O9. The molecule has 0 spiro atoms. The van der Waals surface area contributed by atoms with E-state index in [-0.39, 0.29) is 43.3 Å². The van der Waals surface area contributed by atoms with E-state index in [2.05, 4.69) is 6.92 Å². The van der Waals surface area contributed by atoms with Crippen LogP contribution in [-0.2, 0) is 35.1 Å². The SMILES string of the molecule is C[C@]12CC[C@@H]3c4ccc(O)cc4CC[C@@H]3[C@H]1C[C@H](OC(=O)CCC(=O)O)[C@@H]2OC(=O)CCC(=O)O. The van der Waals surface area contributed by atoms with Gasteiger partial charge in [-0.15, -0.1) is 0 Å². The second-order valence-corrected chi connectivity index (χ2v) is 10.3. The van der Waals surface area contributed by atoms with Gasteiger partial charge in [0.1, 0.15) is 18.0 Å². The molecule has 35 heavy (non-hydrogen) atoms. The first kappa shape index (κ1) is 25.0. The highest BCUT2D eigenvalue weighted by Gasteiger charge is 2.61. The van der Waals surface area contributed by atoms with Crippen LogP contribution < -0.4 is 0 Å². The second kappa shape index (κ2) is 9.87. The third-order valence-electron chi connectivity index (χ3n) is 8.25. The molecule has 6 atom stereocenters. The molecule has 0 aromatic heterocycles. The zero-order valence-corrected chi connectivity index (χ0v) is 19.8. The summed E-state index contributed by atoms with van der Waals surface area (Å²) in [7, 11) is 0. The first-order chi connectivity index (χ1) is 16.6. The van der Waals surface area contributed by atoms with E-state index in [1.807, 2.05) is 12.1 Å². The number of benzene rings is 1. The first-order valence-corrected chi connectivity index (χ1v) is 12.2. The monoisotopic (exact) mass is 488 g/mol. The number of aliphatic carboxylic acids is 2. The summed E-state index contributed by atoms with van der Waals surface area (Å²) in [5.41, 5.74) is 1.94. The van der Waals surface area contributed by atoms with Crippen molar-refractivity contribution in [2.24, 2.45) is 17.3 Å². The number of rotatable bonds is 8. The van der Waals surface area contributed by atoms with Crippen molar-refractivity contribution in [3.63, 3.8) is 0 Å². The minimum Gasteiger partial charge on any atom is -0.508 e. The molecule has 0 unspecified atom stereocenters. The number of aromatic hydroxyl groups is 1. The quantitative estimate of drug-likeness (QED) is 0.468. The van der Waals surface area contributed by atoms with Crippen LogP contribution in [0.15, 0.2) is 18.2 Å². The van der Waals surface area contributed by atoms with Crippen molar-refractivity contribution in [1.29, 1.82) is 0 Å². The van der Waals surface area contributed by atoms with Crippen molar-refractivity contribution in [3.05, 3.63) is 29.3 Å². The fourth-order valence-electron chi connectivity index (χ4n) is 6.68. The van der Waals surface area contributed by atoms with Gasteiger partial charge in [-0.2, -0.15) is 0 Å².